The molecule has 0 saturated heterocycles. The predicted molar refractivity (Wildman–Crippen MR) is 86.3 cm³/mol. The molecule has 2 rings (SSSR count). The van der Waals surface area contributed by atoms with Crippen molar-refractivity contribution >= 4 is 29.0 Å². The van der Waals surface area contributed by atoms with Crippen molar-refractivity contribution < 1.29 is 4.79 Å². The van der Waals surface area contributed by atoms with Crippen LogP contribution >= 0.6 is 11.8 Å². The lowest BCUT2D eigenvalue weighted by Gasteiger charge is -2.13. The molecule has 4 heteroatoms. The first-order valence-electron chi connectivity index (χ1n) is 6.43. The van der Waals surface area contributed by atoms with Crippen molar-refractivity contribution in [2.24, 2.45) is 0 Å². The Hall–Kier alpha value is -1.94. The zero-order valence-corrected chi connectivity index (χ0v) is 12.5. The van der Waals surface area contributed by atoms with E-state index in [0.29, 0.717) is 6.54 Å². The van der Waals surface area contributed by atoms with E-state index in [1.54, 1.807) is 11.8 Å². The van der Waals surface area contributed by atoms with E-state index < -0.39 is 0 Å². The van der Waals surface area contributed by atoms with E-state index in [-0.39, 0.29) is 5.91 Å². The number of carbonyl (C=O) groups is 1. The third-order valence-corrected chi connectivity index (χ3v) is 3.70. The summed E-state index contributed by atoms with van der Waals surface area (Å²) in [6.45, 7) is 2.20. The standard InChI is InChI=1S/C16H18N2OS/c1-12(19)18-14-8-4-3-7-13(14)11-17-15-9-5-6-10-16(15)20-2/h3-10,17H,11H2,1-2H3,(H,18,19). The predicted octanol–water partition coefficient (Wildman–Crippen LogP) is 3.98. The molecule has 104 valence electrons. The molecule has 2 N–H and O–H groups in total. The van der Waals surface area contributed by atoms with E-state index in [9.17, 15) is 4.79 Å². The molecular formula is C16H18N2OS. The van der Waals surface area contributed by atoms with E-state index in [2.05, 4.69) is 29.0 Å². The molecule has 0 saturated carbocycles. The van der Waals surface area contributed by atoms with Crippen LogP contribution in [0.2, 0.25) is 0 Å². The van der Waals surface area contributed by atoms with Crippen LogP contribution in [-0.4, -0.2) is 12.2 Å². The van der Waals surface area contributed by atoms with Crippen LogP contribution in [0.1, 0.15) is 12.5 Å². The van der Waals surface area contributed by atoms with Gasteiger partial charge in [0.2, 0.25) is 5.91 Å². The van der Waals surface area contributed by atoms with Gasteiger partial charge in [-0.1, -0.05) is 30.3 Å². The van der Waals surface area contributed by atoms with Crippen LogP contribution in [-0.2, 0) is 11.3 Å². The van der Waals surface area contributed by atoms with Crippen molar-refractivity contribution in [2.75, 3.05) is 16.9 Å². The Balaban J connectivity index is 2.12. The summed E-state index contributed by atoms with van der Waals surface area (Å²) in [5, 5.41) is 6.28. The Morgan fingerprint density at radius 2 is 1.70 bits per heavy atom. The summed E-state index contributed by atoms with van der Waals surface area (Å²) in [6.07, 6.45) is 2.06. The minimum atomic E-state index is -0.0537. The third-order valence-electron chi connectivity index (χ3n) is 2.90. The first-order chi connectivity index (χ1) is 9.70. The minimum absolute atomic E-state index is 0.0537. The Labute approximate surface area is 123 Å². The second kappa shape index (κ2) is 7.01. The van der Waals surface area contributed by atoms with Crippen molar-refractivity contribution in [1.82, 2.24) is 0 Å². The topological polar surface area (TPSA) is 41.1 Å². The second-order valence-corrected chi connectivity index (χ2v) is 5.24. The molecule has 20 heavy (non-hydrogen) atoms. The monoisotopic (exact) mass is 286 g/mol. The first kappa shape index (κ1) is 14.5. The van der Waals surface area contributed by atoms with Crippen LogP contribution in [0.4, 0.5) is 11.4 Å². The van der Waals surface area contributed by atoms with Crippen molar-refractivity contribution in [2.45, 2.75) is 18.4 Å². The highest BCUT2D eigenvalue weighted by molar-refractivity contribution is 7.98. The maximum Gasteiger partial charge on any atom is 0.221 e. The number of rotatable bonds is 5. The van der Waals surface area contributed by atoms with Crippen LogP contribution in [0.25, 0.3) is 0 Å². The van der Waals surface area contributed by atoms with Crippen molar-refractivity contribution in [3.05, 3.63) is 54.1 Å². The fourth-order valence-corrected chi connectivity index (χ4v) is 2.54. The van der Waals surface area contributed by atoms with Crippen LogP contribution in [0.5, 0.6) is 0 Å². The molecule has 1 amide bonds. The summed E-state index contributed by atoms with van der Waals surface area (Å²) < 4.78 is 0. The smallest absolute Gasteiger partial charge is 0.221 e. The fraction of sp³-hybridized carbons (Fsp3) is 0.188. The minimum Gasteiger partial charge on any atom is -0.380 e. The van der Waals surface area contributed by atoms with E-state index >= 15 is 0 Å². The van der Waals surface area contributed by atoms with Gasteiger partial charge in [-0.2, -0.15) is 0 Å². The highest BCUT2D eigenvalue weighted by Gasteiger charge is 2.04. The molecule has 0 aliphatic carbocycles. The summed E-state index contributed by atoms with van der Waals surface area (Å²) >= 11 is 1.71. The molecule has 0 radical (unpaired) electrons. The Kier molecular flexibility index (Phi) is 5.07. The molecule has 0 unspecified atom stereocenters. The summed E-state index contributed by atoms with van der Waals surface area (Å²) in [4.78, 5) is 12.4. The lowest BCUT2D eigenvalue weighted by molar-refractivity contribution is -0.114. The average Bonchev–Trinajstić information content (AvgIpc) is 2.46. The largest absolute Gasteiger partial charge is 0.380 e. The van der Waals surface area contributed by atoms with Gasteiger partial charge in [-0.15, -0.1) is 11.8 Å². The maximum atomic E-state index is 11.2. The van der Waals surface area contributed by atoms with Gasteiger partial charge in [-0.25, -0.2) is 0 Å². The molecule has 3 nitrogen and oxygen atoms in total. The first-order valence-corrected chi connectivity index (χ1v) is 7.65. The van der Waals surface area contributed by atoms with Crippen LogP contribution in [0.3, 0.4) is 0 Å². The average molecular weight is 286 g/mol. The SMILES string of the molecule is CSc1ccccc1NCc1ccccc1NC(C)=O. The van der Waals surface area contributed by atoms with Gasteiger partial charge in [-0.05, 0) is 30.0 Å². The summed E-state index contributed by atoms with van der Waals surface area (Å²) in [5.74, 6) is -0.0537. The Morgan fingerprint density at radius 3 is 2.40 bits per heavy atom. The fourth-order valence-electron chi connectivity index (χ4n) is 1.97. The number of amides is 1. The number of hydrogen-bond acceptors (Lipinski definition) is 3. The molecule has 0 bridgehead atoms. The molecule has 2 aromatic rings. The Morgan fingerprint density at radius 1 is 1.05 bits per heavy atom. The lowest BCUT2D eigenvalue weighted by atomic mass is 10.1. The number of para-hydroxylation sites is 2. The van der Waals surface area contributed by atoms with Gasteiger partial charge in [-0.3, -0.25) is 4.79 Å². The second-order valence-electron chi connectivity index (χ2n) is 4.39. The molecule has 0 heterocycles. The van der Waals surface area contributed by atoms with Gasteiger partial charge in [0, 0.05) is 29.7 Å². The van der Waals surface area contributed by atoms with Crippen molar-refractivity contribution in [1.29, 1.82) is 0 Å². The molecule has 0 aromatic heterocycles. The number of benzene rings is 2. The van der Waals surface area contributed by atoms with Gasteiger partial charge < -0.3 is 10.6 Å². The number of anilines is 2. The highest BCUT2D eigenvalue weighted by atomic mass is 32.2. The molecule has 0 spiro atoms. The Bertz CT molecular complexity index is 599. The van der Waals surface area contributed by atoms with E-state index in [4.69, 9.17) is 0 Å². The van der Waals surface area contributed by atoms with Crippen LogP contribution in [0.15, 0.2) is 53.4 Å². The van der Waals surface area contributed by atoms with Crippen molar-refractivity contribution in [3.63, 3.8) is 0 Å². The zero-order valence-electron chi connectivity index (χ0n) is 11.6. The highest BCUT2D eigenvalue weighted by Crippen LogP contribution is 2.26. The van der Waals surface area contributed by atoms with Gasteiger partial charge >= 0.3 is 0 Å². The van der Waals surface area contributed by atoms with E-state index in [0.717, 1.165) is 16.9 Å². The molecule has 0 atom stereocenters. The van der Waals surface area contributed by atoms with Crippen LogP contribution < -0.4 is 10.6 Å². The number of thioether (sulfide) groups is 1. The maximum absolute atomic E-state index is 11.2. The summed E-state index contributed by atoms with van der Waals surface area (Å²) in [5.41, 5.74) is 3.03. The number of carbonyl (C=O) groups excluding carboxylic acids is 1. The summed E-state index contributed by atoms with van der Waals surface area (Å²) in [7, 11) is 0. The molecular weight excluding hydrogens is 268 g/mol. The lowest BCUT2D eigenvalue weighted by Crippen LogP contribution is -2.10. The number of nitrogens with one attached hydrogen (secondary N) is 2. The number of hydrogen-bond donors (Lipinski definition) is 2. The van der Waals surface area contributed by atoms with Gasteiger partial charge in [0.1, 0.15) is 0 Å². The van der Waals surface area contributed by atoms with E-state index in [1.807, 2.05) is 36.4 Å². The molecule has 0 aliphatic rings. The molecule has 0 fully saturated rings. The third kappa shape index (κ3) is 3.78. The normalized spacial score (nSPS) is 10.1. The summed E-state index contributed by atoms with van der Waals surface area (Å²) in [6, 6.07) is 16.0. The molecule has 0 aliphatic heterocycles. The quantitative estimate of drug-likeness (QED) is 0.817. The molecule has 2 aromatic carbocycles. The van der Waals surface area contributed by atoms with Gasteiger partial charge in [0.05, 0.1) is 0 Å². The van der Waals surface area contributed by atoms with Gasteiger partial charge in [0.25, 0.3) is 0 Å². The van der Waals surface area contributed by atoms with Crippen molar-refractivity contribution in [3.8, 4) is 0 Å². The van der Waals surface area contributed by atoms with Crippen LogP contribution in [0, 0.1) is 0 Å². The zero-order chi connectivity index (χ0) is 14.4. The van der Waals surface area contributed by atoms with Gasteiger partial charge in [0.15, 0.2) is 0 Å². The van der Waals surface area contributed by atoms with E-state index in [1.165, 1.54) is 11.8 Å².